The van der Waals surface area contributed by atoms with Crippen LogP contribution in [-0.2, 0) is 0 Å². The normalized spacial score (nSPS) is 29.8. The average Bonchev–Trinajstić information content (AvgIpc) is 2.68. The molecule has 0 bridgehead atoms. The van der Waals surface area contributed by atoms with Crippen LogP contribution in [0.25, 0.3) is 0 Å². The average molecular weight is 296 g/mol. The Kier molecular flexibility index (Phi) is 6.73. The fourth-order valence-electron chi connectivity index (χ4n) is 2.88. The Balaban J connectivity index is 0.00000144. The molecule has 92 valence electrons. The predicted octanol–water partition coefficient (Wildman–Crippen LogP) is 3.72. The van der Waals surface area contributed by atoms with Crippen LogP contribution in [-0.4, -0.2) is 61.6 Å². The first kappa shape index (κ1) is 16.7. The van der Waals surface area contributed by atoms with Gasteiger partial charge in [0.05, 0.1) is 5.01 Å². The molecule has 0 aliphatic heterocycles. The van der Waals surface area contributed by atoms with Gasteiger partial charge in [0.25, 0.3) is 0 Å². The summed E-state index contributed by atoms with van der Waals surface area (Å²) in [5.74, 6) is 1.27. The van der Waals surface area contributed by atoms with Gasteiger partial charge in [0, 0.05) is 22.7 Å². The van der Waals surface area contributed by atoms with Crippen LogP contribution in [0.3, 0.4) is 0 Å². The molecule has 1 aliphatic rings. The zero-order valence-electron chi connectivity index (χ0n) is 10.3. The van der Waals surface area contributed by atoms with Gasteiger partial charge in [-0.2, -0.15) is 12.6 Å². The Labute approximate surface area is 157 Å². The molecule has 2 rings (SSSR count). The fourth-order valence-corrected chi connectivity index (χ4v) is 4.38. The van der Waals surface area contributed by atoms with E-state index in [1.54, 1.807) is 11.3 Å². The standard InChI is InChI=1S/C13H21NS2.K.H/c1-13(2,3)9-5-4-6-10(15)11(9)12-14-7-8-16-12;;/h7-11,15H,4-6H2,1-3H3;;. The first-order valence-corrected chi connectivity index (χ1v) is 7.47. The number of thiol groups is 1. The summed E-state index contributed by atoms with van der Waals surface area (Å²) in [6.07, 6.45) is 5.80. The van der Waals surface area contributed by atoms with Gasteiger partial charge in [-0.1, -0.05) is 27.2 Å². The molecule has 3 atom stereocenters. The van der Waals surface area contributed by atoms with Crippen molar-refractivity contribution in [3.05, 3.63) is 16.6 Å². The van der Waals surface area contributed by atoms with E-state index in [4.69, 9.17) is 12.6 Å². The first-order chi connectivity index (χ1) is 7.50. The van der Waals surface area contributed by atoms with Gasteiger partial charge in [0.2, 0.25) is 0 Å². The summed E-state index contributed by atoms with van der Waals surface area (Å²) in [6.45, 7) is 7.05. The molecule has 3 unspecified atom stereocenters. The summed E-state index contributed by atoms with van der Waals surface area (Å²) in [5, 5.41) is 3.87. The molecule has 1 saturated carbocycles. The predicted molar refractivity (Wildman–Crippen MR) is 81.6 cm³/mol. The molecular weight excluding hydrogens is 273 g/mol. The van der Waals surface area contributed by atoms with Crippen molar-refractivity contribution in [3.63, 3.8) is 0 Å². The SMILES string of the molecule is CC(C)(C)C1CCCC(S)C1c1nccs1.[KH]. The van der Waals surface area contributed by atoms with Crippen molar-refractivity contribution in [2.24, 2.45) is 11.3 Å². The molecule has 17 heavy (non-hydrogen) atoms. The zero-order chi connectivity index (χ0) is 11.8. The van der Waals surface area contributed by atoms with Gasteiger partial charge in [-0.15, -0.1) is 11.3 Å². The number of thiazole rings is 1. The van der Waals surface area contributed by atoms with Crippen molar-refractivity contribution >= 4 is 75.4 Å². The second kappa shape index (κ2) is 6.87. The third-order valence-electron chi connectivity index (χ3n) is 3.71. The molecular formula is C13H22KNS2. The molecule has 1 aliphatic carbocycles. The number of nitrogens with zero attached hydrogens (tertiary/aromatic N) is 1. The van der Waals surface area contributed by atoms with Gasteiger partial charge >= 0.3 is 51.4 Å². The van der Waals surface area contributed by atoms with E-state index in [2.05, 4.69) is 31.1 Å². The number of hydrogen-bond donors (Lipinski definition) is 1. The Hall–Kier alpha value is 1.62. The third-order valence-corrected chi connectivity index (χ3v) is 5.17. The molecule has 0 aromatic carbocycles. The van der Waals surface area contributed by atoms with Gasteiger partial charge in [0.1, 0.15) is 0 Å². The summed E-state index contributed by atoms with van der Waals surface area (Å²) in [6, 6.07) is 0. The van der Waals surface area contributed by atoms with Crippen LogP contribution in [0, 0.1) is 11.3 Å². The van der Waals surface area contributed by atoms with E-state index in [1.165, 1.54) is 24.3 Å². The van der Waals surface area contributed by atoms with Crippen molar-refractivity contribution in [1.29, 1.82) is 0 Å². The van der Waals surface area contributed by atoms with Crippen LogP contribution in [0.2, 0.25) is 0 Å². The van der Waals surface area contributed by atoms with E-state index in [9.17, 15) is 0 Å². The van der Waals surface area contributed by atoms with Crippen molar-refractivity contribution in [2.75, 3.05) is 0 Å². The molecule has 1 heterocycles. The van der Waals surface area contributed by atoms with E-state index in [-0.39, 0.29) is 51.4 Å². The summed E-state index contributed by atoms with van der Waals surface area (Å²) >= 11 is 6.59. The molecule has 0 spiro atoms. The molecule has 0 radical (unpaired) electrons. The van der Waals surface area contributed by atoms with E-state index < -0.39 is 0 Å². The topological polar surface area (TPSA) is 12.9 Å². The molecule has 1 aromatic heterocycles. The van der Waals surface area contributed by atoms with Crippen LogP contribution in [0.1, 0.15) is 51.0 Å². The molecule has 0 N–H and O–H groups in total. The second-order valence-corrected chi connectivity index (χ2v) is 7.46. The number of aromatic nitrogens is 1. The zero-order valence-corrected chi connectivity index (χ0v) is 12.0. The monoisotopic (exact) mass is 295 g/mol. The molecule has 4 heteroatoms. The van der Waals surface area contributed by atoms with Gasteiger partial charge in [0.15, 0.2) is 0 Å². The molecule has 1 nitrogen and oxygen atoms in total. The van der Waals surface area contributed by atoms with E-state index in [0.717, 1.165) is 5.92 Å². The Bertz CT molecular complexity index is 332. The number of rotatable bonds is 1. The summed E-state index contributed by atoms with van der Waals surface area (Å²) in [4.78, 5) is 4.52. The Morgan fingerprint density at radius 1 is 1.35 bits per heavy atom. The van der Waals surface area contributed by atoms with Gasteiger partial charge in [-0.05, 0) is 24.2 Å². The van der Waals surface area contributed by atoms with Gasteiger partial charge < -0.3 is 0 Å². The molecule has 0 saturated heterocycles. The van der Waals surface area contributed by atoms with E-state index >= 15 is 0 Å². The van der Waals surface area contributed by atoms with Crippen LogP contribution in [0.4, 0.5) is 0 Å². The van der Waals surface area contributed by atoms with Crippen molar-refractivity contribution < 1.29 is 0 Å². The number of hydrogen-bond acceptors (Lipinski definition) is 3. The van der Waals surface area contributed by atoms with Crippen molar-refractivity contribution in [3.8, 4) is 0 Å². The quantitative estimate of drug-likeness (QED) is 0.615. The van der Waals surface area contributed by atoms with Gasteiger partial charge in [-0.25, -0.2) is 4.98 Å². The van der Waals surface area contributed by atoms with E-state index in [1.807, 2.05) is 6.20 Å². The summed E-state index contributed by atoms with van der Waals surface area (Å²) in [5.41, 5.74) is 0.359. The van der Waals surface area contributed by atoms with Gasteiger partial charge in [-0.3, -0.25) is 0 Å². The van der Waals surface area contributed by atoms with Crippen LogP contribution < -0.4 is 0 Å². The second-order valence-electron chi connectivity index (χ2n) is 5.87. The third kappa shape index (κ3) is 4.04. The van der Waals surface area contributed by atoms with E-state index in [0.29, 0.717) is 16.6 Å². The Morgan fingerprint density at radius 2 is 2.06 bits per heavy atom. The summed E-state index contributed by atoms with van der Waals surface area (Å²) in [7, 11) is 0. The minimum absolute atomic E-state index is 0. The molecule has 0 amide bonds. The van der Waals surface area contributed by atoms with Crippen LogP contribution in [0.5, 0.6) is 0 Å². The Morgan fingerprint density at radius 3 is 2.59 bits per heavy atom. The fraction of sp³-hybridized carbons (Fsp3) is 0.769. The molecule has 1 aromatic rings. The van der Waals surface area contributed by atoms with Crippen molar-refractivity contribution in [2.45, 2.75) is 51.2 Å². The van der Waals surface area contributed by atoms with Crippen LogP contribution in [0.15, 0.2) is 11.6 Å². The summed E-state index contributed by atoms with van der Waals surface area (Å²) < 4.78 is 0. The maximum absolute atomic E-state index is 4.80. The molecule has 1 fully saturated rings. The maximum atomic E-state index is 4.80. The minimum atomic E-state index is 0. The van der Waals surface area contributed by atoms with Crippen LogP contribution >= 0.6 is 24.0 Å². The first-order valence-electron chi connectivity index (χ1n) is 6.07. The van der Waals surface area contributed by atoms with Crippen molar-refractivity contribution in [1.82, 2.24) is 4.98 Å².